The van der Waals surface area contributed by atoms with Gasteiger partial charge in [0.2, 0.25) is 0 Å². The Hall–Kier alpha value is -1.06. The van der Waals surface area contributed by atoms with Gasteiger partial charge in [0.25, 0.3) is 0 Å². The van der Waals surface area contributed by atoms with Crippen LogP contribution < -0.4 is 5.73 Å². The lowest BCUT2D eigenvalue weighted by Gasteiger charge is -2.33. The lowest BCUT2D eigenvalue weighted by Crippen LogP contribution is -2.38. The molecule has 0 spiro atoms. The molecule has 1 unspecified atom stereocenters. The maximum absolute atomic E-state index is 5.71. The van der Waals surface area contributed by atoms with E-state index in [1.807, 2.05) is 12.1 Å². The fraction of sp³-hybridized carbons (Fsp3) is 0.625. The minimum absolute atomic E-state index is 0.780. The van der Waals surface area contributed by atoms with E-state index in [2.05, 4.69) is 36.0 Å². The zero-order valence-corrected chi connectivity index (χ0v) is 12.3. The van der Waals surface area contributed by atoms with Gasteiger partial charge >= 0.3 is 0 Å². The molecular weight excluding hydrogens is 234 g/mol. The number of likely N-dealkylation sites (tertiary alicyclic amines) is 1. The molecule has 2 rings (SSSR count). The van der Waals surface area contributed by atoms with E-state index in [-0.39, 0.29) is 0 Å². The highest BCUT2D eigenvalue weighted by molar-refractivity contribution is 5.39. The van der Waals surface area contributed by atoms with Crippen molar-refractivity contribution in [3.8, 4) is 0 Å². The second-order valence-corrected chi connectivity index (χ2v) is 5.90. The third-order valence-corrected chi connectivity index (χ3v) is 4.20. The number of nitrogens with zero attached hydrogens (tertiary/aromatic N) is 2. The molecule has 1 heterocycles. The van der Waals surface area contributed by atoms with Crippen LogP contribution in [0.25, 0.3) is 0 Å². The highest BCUT2D eigenvalue weighted by Crippen LogP contribution is 2.18. The number of nitrogen functional groups attached to an aromatic ring is 1. The number of piperidine rings is 1. The summed E-state index contributed by atoms with van der Waals surface area (Å²) in [6, 6.07) is 9.00. The maximum Gasteiger partial charge on any atom is 0.0314 e. The Morgan fingerprint density at radius 2 is 2.00 bits per heavy atom. The van der Waals surface area contributed by atoms with Crippen molar-refractivity contribution in [2.24, 2.45) is 0 Å². The first-order valence-electron chi connectivity index (χ1n) is 7.38. The van der Waals surface area contributed by atoms with Gasteiger partial charge in [-0.2, -0.15) is 0 Å². The lowest BCUT2D eigenvalue weighted by molar-refractivity contribution is 0.159. The van der Waals surface area contributed by atoms with E-state index >= 15 is 0 Å². The molecule has 106 valence electrons. The number of hydrogen-bond donors (Lipinski definition) is 1. The standard InChI is InChI=1S/C16H27N3/c1-18(13-14-6-8-15(17)9-7-14)12-10-16-5-3-4-11-19(16)2/h6-9,16H,3-5,10-13,17H2,1-2H3. The molecule has 1 fully saturated rings. The van der Waals surface area contributed by atoms with E-state index in [0.717, 1.165) is 18.3 Å². The lowest BCUT2D eigenvalue weighted by atomic mass is 10.00. The minimum atomic E-state index is 0.780. The molecule has 0 aliphatic carbocycles. The van der Waals surface area contributed by atoms with Crippen LogP contribution in [0.3, 0.4) is 0 Å². The van der Waals surface area contributed by atoms with Crippen LogP contribution in [0, 0.1) is 0 Å². The van der Waals surface area contributed by atoms with Gasteiger partial charge in [0.05, 0.1) is 0 Å². The van der Waals surface area contributed by atoms with Gasteiger partial charge in [-0.3, -0.25) is 0 Å². The maximum atomic E-state index is 5.71. The van der Waals surface area contributed by atoms with Gasteiger partial charge in [0.15, 0.2) is 0 Å². The summed E-state index contributed by atoms with van der Waals surface area (Å²) in [7, 11) is 4.48. The second kappa shape index (κ2) is 6.92. The molecule has 1 aromatic carbocycles. The van der Waals surface area contributed by atoms with Crippen molar-refractivity contribution in [2.45, 2.75) is 38.3 Å². The summed E-state index contributed by atoms with van der Waals surface area (Å²) in [5, 5.41) is 0. The second-order valence-electron chi connectivity index (χ2n) is 5.90. The van der Waals surface area contributed by atoms with Crippen LogP contribution in [0.15, 0.2) is 24.3 Å². The first-order chi connectivity index (χ1) is 9.15. The van der Waals surface area contributed by atoms with Crippen LogP contribution in [0.5, 0.6) is 0 Å². The molecule has 1 aromatic rings. The molecule has 2 N–H and O–H groups in total. The van der Waals surface area contributed by atoms with Gasteiger partial charge in [-0.05, 0) is 64.1 Å². The summed E-state index contributed by atoms with van der Waals surface area (Å²) in [5.74, 6) is 0. The summed E-state index contributed by atoms with van der Waals surface area (Å²) >= 11 is 0. The Bertz CT molecular complexity index is 374. The Labute approximate surface area is 117 Å². The minimum Gasteiger partial charge on any atom is -0.399 e. The predicted octanol–water partition coefficient (Wildman–Crippen LogP) is 2.58. The van der Waals surface area contributed by atoms with Gasteiger partial charge < -0.3 is 15.5 Å². The Balaban J connectivity index is 1.74. The number of hydrogen-bond acceptors (Lipinski definition) is 3. The van der Waals surface area contributed by atoms with E-state index in [0.29, 0.717) is 0 Å². The molecule has 0 amide bonds. The van der Waals surface area contributed by atoms with Gasteiger partial charge in [-0.15, -0.1) is 0 Å². The van der Waals surface area contributed by atoms with Gasteiger partial charge in [0.1, 0.15) is 0 Å². The largest absolute Gasteiger partial charge is 0.399 e. The Morgan fingerprint density at radius 3 is 2.68 bits per heavy atom. The molecule has 3 heteroatoms. The van der Waals surface area contributed by atoms with Crippen molar-refractivity contribution < 1.29 is 0 Å². The summed E-state index contributed by atoms with van der Waals surface area (Å²) in [4.78, 5) is 4.94. The van der Waals surface area contributed by atoms with Crippen LogP contribution >= 0.6 is 0 Å². The summed E-state index contributed by atoms with van der Waals surface area (Å²) in [6.45, 7) is 3.45. The molecule has 1 saturated heterocycles. The predicted molar refractivity (Wildman–Crippen MR) is 82.1 cm³/mol. The van der Waals surface area contributed by atoms with Crippen LogP contribution in [0.2, 0.25) is 0 Å². The van der Waals surface area contributed by atoms with Crippen molar-refractivity contribution in [2.75, 3.05) is 32.9 Å². The average Bonchev–Trinajstić information content (AvgIpc) is 2.40. The normalized spacial score (nSPS) is 20.9. The molecule has 0 bridgehead atoms. The zero-order valence-electron chi connectivity index (χ0n) is 12.3. The highest BCUT2D eigenvalue weighted by Gasteiger charge is 2.18. The first kappa shape index (κ1) is 14.4. The Kier molecular flexibility index (Phi) is 5.23. The SMILES string of the molecule is CN(CCC1CCCCN1C)Cc1ccc(N)cc1. The van der Waals surface area contributed by atoms with Crippen LogP contribution in [-0.2, 0) is 6.54 Å². The van der Waals surface area contributed by atoms with E-state index in [1.54, 1.807) is 0 Å². The quantitative estimate of drug-likeness (QED) is 0.827. The molecule has 0 aromatic heterocycles. The molecule has 3 nitrogen and oxygen atoms in total. The summed E-state index contributed by atoms with van der Waals surface area (Å²) in [5.41, 5.74) is 7.89. The number of nitrogens with two attached hydrogens (primary N) is 1. The van der Waals surface area contributed by atoms with E-state index < -0.39 is 0 Å². The molecule has 1 aliphatic heterocycles. The average molecular weight is 261 g/mol. The molecular formula is C16H27N3. The number of benzene rings is 1. The highest BCUT2D eigenvalue weighted by atomic mass is 15.1. The molecule has 1 atom stereocenters. The summed E-state index contributed by atoms with van der Waals surface area (Å²) < 4.78 is 0. The van der Waals surface area contributed by atoms with Crippen molar-refractivity contribution in [1.82, 2.24) is 9.80 Å². The van der Waals surface area contributed by atoms with E-state index in [1.165, 1.54) is 44.3 Å². The summed E-state index contributed by atoms with van der Waals surface area (Å²) in [6.07, 6.45) is 5.42. The van der Waals surface area contributed by atoms with Gasteiger partial charge in [0, 0.05) is 18.3 Å². The third-order valence-electron chi connectivity index (χ3n) is 4.20. The molecule has 0 saturated carbocycles. The first-order valence-corrected chi connectivity index (χ1v) is 7.38. The van der Waals surface area contributed by atoms with Crippen molar-refractivity contribution in [3.05, 3.63) is 29.8 Å². The molecule has 19 heavy (non-hydrogen) atoms. The monoisotopic (exact) mass is 261 g/mol. The van der Waals surface area contributed by atoms with Gasteiger partial charge in [-0.25, -0.2) is 0 Å². The van der Waals surface area contributed by atoms with Crippen LogP contribution in [0.4, 0.5) is 5.69 Å². The number of anilines is 1. The van der Waals surface area contributed by atoms with Crippen molar-refractivity contribution in [1.29, 1.82) is 0 Å². The topological polar surface area (TPSA) is 32.5 Å². The fourth-order valence-corrected chi connectivity index (χ4v) is 2.89. The fourth-order valence-electron chi connectivity index (χ4n) is 2.89. The third kappa shape index (κ3) is 4.51. The van der Waals surface area contributed by atoms with Crippen LogP contribution in [-0.4, -0.2) is 43.0 Å². The Morgan fingerprint density at radius 1 is 1.26 bits per heavy atom. The van der Waals surface area contributed by atoms with Crippen LogP contribution in [0.1, 0.15) is 31.2 Å². The molecule has 0 radical (unpaired) electrons. The van der Waals surface area contributed by atoms with E-state index in [9.17, 15) is 0 Å². The van der Waals surface area contributed by atoms with E-state index in [4.69, 9.17) is 5.73 Å². The zero-order chi connectivity index (χ0) is 13.7. The molecule has 1 aliphatic rings. The van der Waals surface area contributed by atoms with Crippen molar-refractivity contribution >= 4 is 5.69 Å². The van der Waals surface area contributed by atoms with Gasteiger partial charge in [-0.1, -0.05) is 18.6 Å². The number of rotatable bonds is 5. The smallest absolute Gasteiger partial charge is 0.0314 e. The van der Waals surface area contributed by atoms with Crippen molar-refractivity contribution in [3.63, 3.8) is 0 Å².